The van der Waals surface area contributed by atoms with Crippen LogP contribution in [0.25, 0.3) is 0 Å². The molecule has 3 heterocycles. The summed E-state index contributed by atoms with van der Waals surface area (Å²) >= 11 is 1.10. The zero-order valence-corrected chi connectivity index (χ0v) is 14.9. The number of rotatable bonds is 2. The maximum Gasteiger partial charge on any atom is 0.410 e. The highest BCUT2D eigenvalue weighted by molar-refractivity contribution is 6.99. The fourth-order valence-electron chi connectivity index (χ4n) is 2.65. The lowest BCUT2D eigenvalue weighted by molar-refractivity contribution is 0.0240. The van der Waals surface area contributed by atoms with Crippen LogP contribution in [0.4, 0.5) is 21.2 Å². The monoisotopic (exact) mass is 354 g/mol. The van der Waals surface area contributed by atoms with Crippen LogP contribution in [0, 0.1) is 0 Å². The molecule has 10 heteroatoms. The first kappa shape index (κ1) is 16.7. The van der Waals surface area contributed by atoms with Crippen molar-refractivity contribution in [1.29, 1.82) is 0 Å². The van der Waals surface area contributed by atoms with Crippen LogP contribution in [-0.2, 0) is 4.74 Å². The van der Waals surface area contributed by atoms with Crippen molar-refractivity contribution in [1.82, 2.24) is 19.0 Å². The van der Waals surface area contributed by atoms with Crippen LogP contribution >= 0.6 is 11.7 Å². The summed E-state index contributed by atoms with van der Waals surface area (Å²) in [5.41, 5.74) is -0.497. The van der Waals surface area contributed by atoms with Crippen LogP contribution in [-0.4, -0.2) is 70.6 Å². The number of nitrogens with one attached hydrogen (secondary N) is 1. The number of carbonyl (C=O) groups is 2. The summed E-state index contributed by atoms with van der Waals surface area (Å²) in [6.45, 7) is 9.15. The van der Waals surface area contributed by atoms with Crippen molar-refractivity contribution in [2.75, 3.05) is 49.1 Å². The van der Waals surface area contributed by atoms with E-state index in [2.05, 4.69) is 19.0 Å². The molecule has 0 atom stereocenters. The molecule has 0 saturated carbocycles. The van der Waals surface area contributed by atoms with Gasteiger partial charge in [-0.25, -0.2) is 9.59 Å². The van der Waals surface area contributed by atoms with Crippen molar-refractivity contribution < 1.29 is 14.3 Å². The second kappa shape index (κ2) is 6.42. The van der Waals surface area contributed by atoms with Gasteiger partial charge in [0.25, 0.3) is 0 Å². The number of carbonyl (C=O) groups excluding carboxylic acids is 2. The van der Waals surface area contributed by atoms with E-state index >= 15 is 0 Å². The number of urea groups is 1. The molecule has 3 amide bonds. The van der Waals surface area contributed by atoms with Gasteiger partial charge in [0.1, 0.15) is 5.60 Å². The summed E-state index contributed by atoms with van der Waals surface area (Å²) in [6.07, 6.45) is -0.294. The van der Waals surface area contributed by atoms with Crippen LogP contribution in [0.3, 0.4) is 0 Å². The molecule has 0 aromatic carbocycles. The first-order valence-electron chi connectivity index (χ1n) is 7.96. The van der Waals surface area contributed by atoms with E-state index in [0.29, 0.717) is 50.9 Å². The molecule has 0 bridgehead atoms. The number of hydrogen-bond acceptors (Lipinski definition) is 7. The summed E-state index contributed by atoms with van der Waals surface area (Å²) in [7, 11) is 0. The fraction of sp³-hybridized carbons (Fsp3) is 0.714. The highest BCUT2D eigenvalue weighted by Crippen LogP contribution is 2.29. The molecule has 132 valence electrons. The summed E-state index contributed by atoms with van der Waals surface area (Å²) in [5, 5.41) is 2.77. The first-order valence-corrected chi connectivity index (χ1v) is 8.69. The summed E-state index contributed by atoms with van der Waals surface area (Å²) in [4.78, 5) is 29.3. The number of amides is 3. The molecule has 1 aromatic rings. The standard InChI is InChI=1S/C14H22N6O3S/c1-14(2,3)23-13(22)19-8-6-18(7-9-19)10-11(17-24-16-10)20-5-4-15-12(20)21/h4-9H2,1-3H3,(H,15,21). The van der Waals surface area contributed by atoms with E-state index in [0.717, 1.165) is 11.7 Å². The third kappa shape index (κ3) is 3.53. The van der Waals surface area contributed by atoms with E-state index in [1.807, 2.05) is 20.8 Å². The second-order valence-electron chi connectivity index (χ2n) is 6.75. The van der Waals surface area contributed by atoms with Gasteiger partial charge in [0.05, 0.1) is 11.7 Å². The maximum absolute atomic E-state index is 12.1. The molecule has 0 aliphatic carbocycles. The summed E-state index contributed by atoms with van der Waals surface area (Å²) in [5.74, 6) is 1.31. The quantitative estimate of drug-likeness (QED) is 0.856. The van der Waals surface area contributed by atoms with Gasteiger partial charge in [-0.15, -0.1) is 0 Å². The Kier molecular flexibility index (Phi) is 4.48. The Morgan fingerprint density at radius 3 is 2.38 bits per heavy atom. The SMILES string of the molecule is CC(C)(C)OC(=O)N1CCN(c2nsnc2N2CCNC2=O)CC1. The minimum atomic E-state index is -0.497. The summed E-state index contributed by atoms with van der Waals surface area (Å²) < 4.78 is 14.0. The topological polar surface area (TPSA) is 90.9 Å². The number of anilines is 2. The van der Waals surface area contributed by atoms with Crippen LogP contribution in [0.5, 0.6) is 0 Å². The molecule has 2 aliphatic heterocycles. The number of nitrogens with zero attached hydrogens (tertiary/aromatic N) is 5. The molecule has 0 unspecified atom stereocenters. The van der Waals surface area contributed by atoms with Gasteiger partial charge >= 0.3 is 12.1 Å². The van der Waals surface area contributed by atoms with Gasteiger partial charge < -0.3 is 19.9 Å². The van der Waals surface area contributed by atoms with Crippen molar-refractivity contribution in [2.45, 2.75) is 26.4 Å². The largest absolute Gasteiger partial charge is 0.444 e. The molecule has 1 aromatic heterocycles. The minimum absolute atomic E-state index is 0.142. The van der Waals surface area contributed by atoms with Gasteiger partial charge in [0, 0.05) is 39.3 Å². The molecule has 3 rings (SSSR count). The molecule has 1 N–H and O–H groups in total. The smallest absolute Gasteiger partial charge is 0.410 e. The highest BCUT2D eigenvalue weighted by Gasteiger charge is 2.31. The van der Waals surface area contributed by atoms with Gasteiger partial charge in [-0.2, -0.15) is 8.75 Å². The van der Waals surface area contributed by atoms with Crippen LogP contribution < -0.4 is 15.1 Å². The van der Waals surface area contributed by atoms with Crippen LogP contribution in [0.2, 0.25) is 0 Å². The maximum atomic E-state index is 12.1. The van der Waals surface area contributed by atoms with E-state index < -0.39 is 5.60 Å². The van der Waals surface area contributed by atoms with E-state index in [1.54, 1.807) is 9.80 Å². The third-order valence-electron chi connectivity index (χ3n) is 3.80. The average Bonchev–Trinajstić information content (AvgIpc) is 3.14. The molecular formula is C14H22N6O3S. The van der Waals surface area contributed by atoms with Crippen molar-refractivity contribution in [3.8, 4) is 0 Å². The Hall–Kier alpha value is -2.10. The van der Waals surface area contributed by atoms with Crippen LogP contribution in [0.15, 0.2) is 0 Å². The molecule has 0 radical (unpaired) electrons. The normalized spacial score (nSPS) is 18.8. The predicted octanol–water partition coefficient (Wildman–Crippen LogP) is 1.12. The fourth-order valence-corrected chi connectivity index (χ4v) is 3.22. The van der Waals surface area contributed by atoms with E-state index in [9.17, 15) is 9.59 Å². The zero-order valence-electron chi connectivity index (χ0n) is 14.1. The Morgan fingerprint density at radius 1 is 1.12 bits per heavy atom. The lowest BCUT2D eigenvalue weighted by Gasteiger charge is -2.36. The average molecular weight is 354 g/mol. The third-order valence-corrected chi connectivity index (χ3v) is 4.31. The Balaban J connectivity index is 1.63. The highest BCUT2D eigenvalue weighted by atomic mass is 32.1. The van der Waals surface area contributed by atoms with Crippen molar-refractivity contribution in [3.63, 3.8) is 0 Å². The number of aromatic nitrogens is 2. The molecule has 2 aliphatic rings. The van der Waals surface area contributed by atoms with Gasteiger partial charge in [0.15, 0.2) is 11.6 Å². The summed E-state index contributed by atoms with van der Waals surface area (Å²) in [6, 6.07) is -0.142. The molecule has 0 spiro atoms. The molecule has 2 saturated heterocycles. The zero-order chi connectivity index (χ0) is 17.3. The Morgan fingerprint density at radius 2 is 1.79 bits per heavy atom. The predicted molar refractivity (Wildman–Crippen MR) is 90.7 cm³/mol. The molecule has 24 heavy (non-hydrogen) atoms. The van der Waals surface area contributed by atoms with E-state index in [-0.39, 0.29) is 12.1 Å². The van der Waals surface area contributed by atoms with Crippen molar-refractivity contribution in [2.24, 2.45) is 0 Å². The molecular weight excluding hydrogens is 332 g/mol. The van der Waals surface area contributed by atoms with E-state index in [1.165, 1.54) is 0 Å². The van der Waals surface area contributed by atoms with Crippen LogP contribution in [0.1, 0.15) is 20.8 Å². The number of ether oxygens (including phenoxy) is 1. The minimum Gasteiger partial charge on any atom is -0.444 e. The van der Waals surface area contributed by atoms with Gasteiger partial charge in [0.2, 0.25) is 0 Å². The Labute approximate surface area is 144 Å². The lowest BCUT2D eigenvalue weighted by atomic mass is 10.2. The molecule has 9 nitrogen and oxygen atoms in total. The van der Waals surface area contributed by atoms with E-state index in [4.69, 9.17) is 4.74 Å². The van der Waals surface area contributed by atoms with Gasteiger partial charge in [-0.3, -0.25) is 4.90 Å². The molecule has 2 fully saturated rings. The Bertz CT molecular complexity index is 620. The van der Waals surface area contributed by atoms with Gasteiger partial charge in [-0.1, -0.05) is 0 Å². The number of piperazine rings is 1. The van der Waals surface area contributed by atoms with Crippen molar-refractivity contribution in [3.05, 3.63) is 0 Å². The first-order chi connectivity index (χ1) is 11.3. The second-order valence-corrected chi connectivity index (χ2v) is 7.28. The van der Waals surface area contributed by atoms with Gasteiger partial charge in [-0.05, 0) is 20.8 Å². The number of hydrogen-bond donors (Lipinski definition) is 1. The van der Waals surface area contributed by atoms with Crippen molar-refractivity contribution >= 4 is 35.5 Å². The lowest BCUT2D eigenvalue weighted by Crippen LogP contribution is -2.50.